The second-order valence-corrected chi connectivity index (χ2v) is 18.9. The zero-order valence-electron chi connectivity index (χ0n) is 35.5. The van der Waals surface area contributed by atoms with Gasteiger partial charge in [0, 0.05) is 53.9 Å². The molecule has 1 fully saturated rings. The molecule has 1 saturated carbocycles. The fourth-order valence-corrected chi connectivity index (χ4v) is 7.37. The standard InChI is InChI=1S/C22H19Cl2NO3.C14H9ClF2N2O2.C9H12NO5PS/c1-22(2)17(12-19(23)24)20(22)21(26)28-18(13-25)14-7-6-10-16(11-14)27-15-8-4-3-5-9-15;15-8-4-6-9(7-5-8)18-14(21)19-13(20)12-10(16)2-1-3-11(12)17;1-7-6-8(4-5-9(7)10(11)12)15-16(17,13-2)14-3/h3-12,17-18,20H,1-2H3;1-7H,(H2,18,19,20,21);4-6H,1-3H3. The maximum atomic E-state index is 13.4. The lowest BCUT2D eigenvalue weighted by molar-refractivity contribution is -0.385. The van der Waals surface area contributed by atoms with Gasteiger partial charge >= 0.3 is 18.7 Å². The molecule has 14 nitrogen and oxygen atoms in total. The largest absolute Gasteiger partial charge is 0.457 e. The van der Waals surface area contributed by atoms with Gasteiger partial charge < -0.3 is 28.4 Å². The summed E-state index contributed by atoms with van der Waals surface area (Å²) in [6, 6.07) is 30.8. The zero-order valence-corrected chi connectivity index (χ0v) is 39.5. The molecule has 3 amide bonds. The van der Waals surface area contributed by atoms with Gasteiger partial charge in [-0.1, -0.05) is 85.0 Å². The minimum absolute atomic E-state index is 0.0282. The third kappa shape index (κ3) is 15.0. The van der Waals surface area contributed by atoms with Crippen LogP contribution in [0.3, 0.4) is 0 Å². The Labute approximate surface area is 398 Å². The highest BCUT2D eigenvalue weighted by Gasteiger charge is 2.62. The molecule has 0 bridgehead atoms. The normalized spacial score (nSPS) is 14.7. The fraction of sp³-hybridized carbons (Fsp3) is 0.200. The number of allylic oxidation sites excluding steroid dienone is 1. The first kappa shape index (κ1) is 52.7. The van der Waals surface area contributed by atoms with Crippen LogP contribution in [0, 0.1) is 57.3 Å². The highest BCUT2D eigenvalue weighted by atomic mass is 35.5. The Morgan fingerprint density at radius 1 is 0.894 bits per heavy atom. The third-order valence-electron chi connectivity index (χ3n) is 9.51. The van der Waals surface area contributed by atoms with E-state index in [9.17, 15) is 38.5 Å². The summed E-state index contributed by atoms with van der Waals surface area (Å²) in [6.07, 6.45) is 0.615. The second-order valence-electron chi connectivity index (χ2n) is 14.3. The molecule has 0 saturated heterocycles. The number of nitrogens with one attached hydrogen (secondary N) is 2. The lowest BCUT2D eigenvalue weighted by Crippen LogP contribution is -2.35. The van der Waals surface area contributed by atoms with Gasteiger partial charge in [-0.2, -0.15) is 5.26 Å². The Balaban J connectivity index is 0.000000224. The van der Waals surface area contributed by atoms with Crippen molar-refractivity contribution in [2.24, 2.45) is 17.3 Å². The Kier molecular flexibility index (Phi) is 19.1. The van der Waals surface area contributed by atoms with Crippen LogP contribution >= 0.6 is 41.5 Å². The average molecular weight is 1000 g/mol. The first-order chi connectivity index (χ1) is 31.2. The predicted molar refractivity (Wildman–Crippen MR) is 249 cm³/mol. The molecule has 5 aromatic rings. The molecule has 5 aromatic carbocycles. The van der Waals surface area contributed by atoms with Gasteiger partial charge in [-0.25, -0.2) is 13.6 Å². The molecule has 66 heavy (non-hydrogen) atoms. The van der Waals surface area contributed by atoms with Crippen LogP contribution in [0.25, 0.3) is 0 Å². The summed E-state index contributed by atoms with van der Waals surface area (Å²) in [7, 11) is 2.78. The van der Waals surface area contributed by atoms with Crippen molar-refractivity contribution < 1.29 is 51.1 Å². The zero-order chi connectivity index (χ0) is 48.8. The van der Waals surface area contributed by atoms with Gasteiger partial charge in [0.1, 0.15) is 45.0 Å². The van der Waals surface area contributed by atoms with E-state index in [0.717, 1.165) is 18.2 Å². The number of nitro groups is 1. The van der Waals surface area contributed by atoms with E-state index in [1.165, 1.54) is 56.7 Å². The van der Waals surface area contributed by atoms with Crippen molar-refractivity contribution in [2.45, 2.75) is 26.9 Å². The van der Waals surface area contributed by atoms with Crippen LogP contribution in [0.15, 0.2) is 126 Å². The number of hydrogen-bond acceptors (Lipinski definition) is 12. The van der Waals surface area contributed by atoms with Crippen LogP contribution < -0.4 is 19.9 Å². The van der Waals surface area contributed by atoms with Gasteiger partial charge in [0.15, 0.2) is 0 Å². The minimum atomic E-state index is -2.80. The number of nitro benzene ring substituents is 1. The lowest BCUT2D eigenvalue weighted by Gasteiger charge is -2.18. The Morgan fingerprint density at radius 2 is 1.50 bits per heavy atom. The molecule has 0 heterocycles. The van der Waals surface area contributed by atoms with E-state index >= 15 is 0 Å². The molecular weight excluding hydrogens is 964 g/mol. The summed E-state index contributed by atoms with van der Waals surface area (Å²) in [6.45, 7) is 2.69. The number of amides is 3. The number of carbonyl (C=O) groups excluding carboxylic acids is 3. The van der Waals surface area contributed by atoms with Gasteiger partial charge in [-0.3, -0.25) is 25.0 Å². The molecule has 0 aliphatic heterocycles. The van der Waals surface area contributed by atoms with E-state index in [1.807, 2.05) is 55.6 Å². The van der Waals surface area contributed by atoms with E-state index in [4.69, 9.17) is 69.7 Å². The average Bonchev–Trinajstić information content (AvgIpc) is 3.81. The lowest BCUT2D eigenvalue weighted by atomic mass is 10.1. The van der Waals surface area contributed by atoms with Crippen molar-refractivity contribution in [3.05, 3.63) is 169 Å². The van der Waals surface area contributed by atoms with Crippen LogP contribution in [0.4, 0.5) is 25.0 Å². The van der Waals surface area contributed by atoms with Crippen LogP contribution in [-0.4, -0.2) is 37.1 Å². The highest BCUT2D eigenvalue weighted by molar-refractivity contribution is 8.07. The molecule has 0 spiro atoms. The summed E-state index contributed by atoms with van der Waals surface area (Å²) in [5.41, 5.74) is 0.305. The Hall–Kier alpha value is -5.96. The first-order valence-electron chi connectivity index (χ1n) is 19.2. The Morgan fingerprint density at radius 3 is 2.06 bits per heavy atom. The van der Waals surface area contributed by atoms with Crippen molar-refractivity contribution in [2.75, 3.05) is 19.5 Å². The molecular formula is C45H40Cl3F2N4O10PS. The molecule has 2 N–H and O–H groups in total. The SMILES string of the molecule is CC1(C)C(C=C(Cl)Cl)C1C(=O)OC(C#N)c1cccc(Oc2ccccc2)c1.COP(=S)(OC)Oc1ccc([N+](=O)[O-])c(C)c1.O=C(NC(=O)c1c(F)cccc1F)Nc1ccc(Cl)cc1. The van der Waals surface area contributed by atoms with E-state index in [1.54, 1.807) is 37.3 Å². The number of carbonyl (C=O) groups is 3. The number of halogens is 5. The number of urea groups is 1. The quantitative estimate of drug-likeness (QED) is 0.0492. The molecule has 1 aliphatic carbocycles. The predicted octanol–water partition coefficient (Wildman–Crippen LogP) is 12.6. The first-order valence-corrected chi connectivity index (χ1v) is 22.8. The summed E-state index contributed by atoms with van der Waals surface area (Å²) < 4.78 is 53.4. The minimum Gasteiger partial charge on any atom is -0.457 e. The molecule has 1 aliphatic rings. The van der Waals surface area contributed by atoms with Crippen molar-refractivity contribution >= 4 is 82.6 Å². The van der Waals surface area contributed by atoms with Crippen molar-refractivity contribution in [1.29, 1.82) is 5.26 Å². The summed E-state index contributed by atoms with van der Waals surface area (Å²) in [4.78, 5) is 46.0. The van der Waals surface area contributed by atoms with Crippen molar-refractivity contribution in [1.82, 2.24) is 5.32 Å². The molecule has 0 aromatic heterocycles. The molecule has 3 unspecified atom stereocenters. The molecule has 0 radical (unpaired) electrons. The topological polar surface area (TPSA) is 188 Å². The van der Waals surface area contributed by atoms with Crippen LogP contribution in [0.5, 0.6) is 17.2 Å². The van der Waals surface area contributed by atoms with E-state index in [-0.39, 0.29) is 27.4 Å². The number of ether oxygens (including phenoxy) is 2. The fourth-order valence-electron chi connectivity index (χ4n) is 6.04. The van der Waals surface area contributed by atoms with Gasteiger partial charge in [-0.05, 0) is 97.1 Å². The number of hydrogen-bond donors (Lipinski definition) is 2. The number of para-hydroxylation sites is 1. The van der Waals surface area contributed by atoms with Crippen LogP contribution in [-0.2, 0) is 30.4 Å². The molecule has 346 valence electrons. The summed E-state index contributed by atoms with van der Waals surface area (Å²) in [5.74, 6) is -2.59. The maximum Gasteiger partial charge on any atom is 0.380 e. The smallest absolute Gasteiger partial charge is 0.380 e. The highest BCUT2D eigenvalue weighted by Crippen LogP contribution is 2.60. The number of rotatable bonds is 13. The summed E-state index contributed by atoms with van der Waals surface area (Å²) >= 11 is 22.2. The molecule has 3 atom stereocenters. The van der Waals surface area contributed by atoms with Gasteiger partial charge in [0.2, 0.25) is 6.10 Å². The number of nitriles is 1. The maximum absolute atomic E-state index is 13.4. The second kappa shape index (κ2) is 24.0. The Bertz CT molecular complexity index is 2640. The van der Waals surface area contributed by atoms with Gasteiger partial charge in [0.05, 0.1) is 10.8 Å². The van der Waals surface area contributed by atoms with E-state index < -0.39 is 52.9 Å². The monoisotopic (exact) mass is 1000 g/mol. The van der Waals surface area contributed by atoms with E-state index in [0.29, 0.717) is 39.1 Å². The van der Waals surface area contributed by atoms with Crippen LogP contribution in [0.2, 0.25) is 5.02 Å². The third-order valence-corrected chi connectivity index (χ3v) is 12.5. The number of aryl methyl sites for hydroxylation is 1. The van der Waals surface area contributed by atoms with Gasteiger partial charge in [-0.15, -0.1) is 0 Å². The van der Waals surface area contributed by atoms with Crippen molar-refractivity contribution in [3.8, 4) is 23.3 Å². The number of esters is 1. The number of benzene rings is 5. The summed E-state index contributed by atoms with van der Waals surface area (Å²) in [5, 5.41) is 24.8. The number of imide groups is 1. The van der Waals surface area contributed by atoms with Gasteiger partial charge in [0.25, 0.3) is 11.6 Å². The molecule has 21 heteroatoms. The van der Waals surface area contributed by atoms with Crippen molar-refractivity contribution in [3.63, 3.8) is 0 Å². The van der Waals surface area contributed by atoms with E-state index in [2.05, 4.69) is 5.32 Å². The number of nitrogens with zero attached hydrogens (tertiary/aromatic N) is 2. The van der Waals surface area contributed by atoms with Crippen LogP contribution in [0.1, 0.15) is 41.4 Å². The molecule has 6 rings (SSSR count). The number of anilines is 1.